The van der Waals surface area contributed by atoms with E-state index in [1.54, 1.807) is 24.3 Å². The van der Waals surface area contributed by atoms with Crippen LogP contribution in [0.2, 0.25) is 0 Å². The zero-order valence-corrected chi connectivity index (χ0v) is 16.3. The number of aromatic carboxylic acids is 1. The normalized spacial score (nSPS) is 10.2. The van der Waals surface area contributed by atoms with Crippen LogP contribution < -0.4 is 19.5 Å². The molecule has 0 radical (unpaired) electrons. The van der Waals surface area contributed by atoms with Crippen molar-refractivity contribution < 1.29 is 28.9 Å². The van der Waals surface area contributed by atoms with Crippen molar-refractivity contribution in [3.63, 3.8) is 0 Å². The predicted octanol–water partition coefficient (Wildman–Crippen LogP) is 3.51. The van der Waals surface area contributed by atoms with Crippen LogP contribution in [0.5, 0.6) is 17.2 Å². The Balaban J connectivity index is 2.19. The molecule has 2 aromatic rings. The molecule has 0 heterocycles. The summed E-state index contributed by atoms with van der Waals surface area (Å²) < 4.78 is 16.9. The number of ether oxygens (including phenoxy) is 3. The fourth-order valence-corrected chi connectivity index (χ4v) is 2.57. The Hall–Kier alpha value is -3.22. The van der Waals surface area contributed by atoms with Crippen LogP contribution in [0.1, 0.15) is 47.1 Å². The Bertz CT molecular complexity index is 789. The number of carboxylic acid groups (broad SMARTS) is 1. The maximum Gasteiger partial charge on any atom is 0.335 e. The molecule has 0 unspecified atom stereocenters. The summed E-state index contributed by atoms with van der Waals surface area (Å²) >= 11 is 0. The van der Waals surface area contributed by atoms with Gasteiger partial charge in [-0.1, -0.05) is 12.1 Å². The van der Waals surface area contributed by atoms with Crippen molar-refractivity contribution in [2.45, 2.75) is 27.3 Å². The quantitative estimate of drug-likeness (QED) is 0.648. The minimum Gasteiger partial charge on any atom is -0.490 e. The first-order valence-electron chi connectivity index (χ1n) is 9.16. The summed E-state index contributed by atoms with van der Waals surface area (Å²) in [6, 6.07) is 9.58. The van der Waals surface area contributed by atoms with Gasteiger partial charge < -0.3 is 24.6 Å². The number of rotatable bonds is 10. The molecule has 2 aromatic carbocycles. The second-order valence-corrected chi connectivity index (χ2v) is 5.79. The van der Waals surface area contributed by atoms with Crippen LogP contribution in [-0.2, 0) is 6.54 Å². The van der Waals surface area contributed by atoms with E-state index in [1.807, 2.05) is 20.8 Å². The molecule has 0 bridgehead atoms. The van der Waals surface area contributed by atoms with Gasteiger partial charge in [-0.25, -0.2) is 4.79 Å². The number of carbonyl (C=O) groups excluding carboxylic acids is 1. The molecule has 1 amide bonds. The first-order valence-corrected chi connectivity index (χ1v) is 9.16. The van der Waals surface area contributed by atoms with Gasteiger partial charge in [-0.3, -0.25) is 4.79 Å². The lowest BCUT2D eigenvalue weighted by molar-refractivity contribution is 0.0696. The molecule has 0 spiro atoms. The molecule has 0 aromatic heterocycles. The van der Waals surface area contributed by atoms with E-state index < -0.39 is 5.97 Å². The minimum absolute atomic E-state index is 0.198. The zero-order chi connectivity index (χ0) is 20.5. The molecule has 0 saturated heterocycles. The van der Waals surface area contributed by atoms with Gasteiger partial charge in [-0.05, 0) is 50.6 Å². The third kappa shape index (κ3) is 5.39. The van der Waals surface area contributed by atoms with Gasteiger partial charge in [0.05, 0.1) is 25.4 Å². The topological polar surface area (TPSA) is 94.1 Å². The summed E-state index contributed by atoms with van der Waals surface area (Å²) in [5.41, 5.74) is 1.38. The van der Waals surface area contributed by atoms with Gasteiger partial charge in [-0.15, -0.1) is 0 Å². The van der Waals surface area contributed by atoms with Crippen LogP contribution in [0, 0.1) is 0 Å². The highest BCUT2D eigenvalue weighted by molar-refractivity contribution is 5.95. The summed E-state index contributed by atoms with van der Waals surface area (Å²) in [5, 5.41) is 11.8. The van der Waals surface area contributed by atoms with E-state index in [1.165, 1.54) is 12.1 Å². The van der Waals surface area contributed by atoms with E-state index in [9.17, 15) is 9.59 Å². The van der Waals surface area contributed by atoms with Crippen LogP contribution in [0.3, 0.4) is 0 Å². The van der Waals surface area contributed by atoms with E-state index in [0.717, 1.165) is 5.56 Å². The van der Waals surface area contributed by atoms with Gasteiger partial charge in [0.2, 0.25) is 5.75 Å². The van der Waals surface area contributed by atoms with Gasteiger partial charge in [0.1, 0.15) is 0 Å². The van der Waals surface area contributed by atoms with E-state index in [0.29, 0.717) is 42.6 Å². The maximum atomic E-state index is 12.6. The molecule has 7 nitrogen and oxygen atoms in total. The highest BCUT2D eigenvalue weighted by atomic mass is 16.5. The second kappa shape index (κ2) is 10.2. The number of hydrogen-bond acceptors (Lipinski definition) is 5. The Morgan fingerprint density at radius 1 is 0.857 bits per heavy atom. The van der Waals surface area contributed by atoms with Crippen molar-refractivity contribution in [2.24, 2.45) is 0 Å². The van der Waals surface area contributed by atoms with E-state index >= 15 is 0 Å². The molecule has 0 aliphatic carbocycles. The van der Waals surface area contributed by atoms with Crippen LogP contribution in [0.15, 0.2) is 36.4 Å². The van der Waals surface area contributed by atoms with Crippen LogP contribution >= 0.6 is 0 Å². The monoisotopic (exact) mass is 387 g/mol. The second-order valence-electron chi connectivity index (χ2n) is 5.79. The minimum atomic E-state index is -0.989. The van der Waals surface area contributed by atoms with E-state index in [4.69, 9.17) is 19.3 Å². The first kappa shape index (κ1) is 21.1. The fraction of sp³-hybridized carbons (Fsp3) is 0.333. The zero-order valence-electron chi connectivity index (χ0n) is 16.3. The van der Waals surface area contributed by atoms with Gasteiger partial charge in [0.15, 0.2) is 11.5 Å². The van der Waals surface area contributed by atoms with Crippen LogP contribution in [0.4, 0.5) is 0 Å². The largest absolute Gasteiger partial charge is 0.490 e. The molecule has 2 rings (SSSR count). The molecule has 0 aliphatic heterocycles. The van der Waals surface area contributed by atoms with Crippen molar-refractivity contribution >= 4 is 11.9 Å². The molecule has 2 N–H and O–H groups in total. The third-order valence-corrected chi connectivity index (χ3v) is 3.83. The maximum absolute atomic E-state index is 12.6. The SMILES string of the molecule is CCOc1cc(C(=O)NCc2ccc(C(=O)O)cc2)cc(OCC)c1OCC. The summed E-state index contributed by atoms with van der Waals surface area (Å²) in [6.45, 7) is 7.12. The smallest absolute Gasteiger partial charge is 0.335 e. The molecular formula is C21H25NO6. The van der Waals surface area contributed by atoms with Gasteiger partial charge in [0, 0.05) is 12.1 Å². The predicted molar refractivity (Wildman–Crippen MR) is 105 cm³/mol. The van der Waals surface area contributed by atoms with Gasteiger partial charge in [-0.2, -0.15) is 0 Å². The Kier molecular flexibility index (Phi) is 7.68. The van der Waals surface area contributed by atoms with Crippen molar-refractivity contribution in [1.29, 1.82) is 0 Å². The van der Waals surface area contributed by atoms with Crippen LogP contribution in [0.25, 0.3) is 0 Å². The average molecular weight is 387 g/mol. The van der Waals surface area contributed by atoms with Crippen molar-refractivity contribution in [3.05, 3.63) is 53.1 Å². The molecule has 0 aliphatic rings. The number of amides is 1. The number of nitrogens with one attached hydrogen (secondary N) is 1. The Labute approximate surface area is 164 Å². The van der Waals surface area contributed by atoms with Gasteiger partial charge in [0.25, 0.3) is 5.91 Å². The average Bonchev–Trinajstić information content (AvgIpc) is 2.69. The lowest BCUT2D eigenvalue weighted by Crippen LogP contribution is -2.23. The Morgan fingerprint density at radius 3 is 1.86 bits per heavy atom. The fourth-order valence-electron chi connectivity index (χ4n) is 2.57. The molecule has 150 valence electrons. The molecule has 0 saturated carbocycles. The van der Waals surface area contributed by atoms with Gasteiger partial charge >= 0.3 is 5.97 Å². The number of carbonyl (C=O) groups is 2. The van der Waals surface area contributed by atoms with E-state index in [-0.39, 0.29) is 18.0 Å². The standard InChI is InChI=1S/C21H25NO6/c1-4-26-17-11-16(12-18(27-5-2)19(17)28-6-3)20(23)22-13-14-7-9-15(10-8-14)21(24)25/h7-12H,4-6,13H2,1-3H3,(H,22,23)(H,24,25). The van der Waals surface area contributed by atoms with Crippen molar-refractivity contribution in [3.8, 4) is 17.2 Å². The highest BCUT2D eigenvalue weighted by Gasteiger charge is 2.18. The number of carboxylic acids is 1. The molecule has 28 heavy (non-hydrogen) atoms. The summed E-state index contributed by atoms with van der Waals surface area (Å²) in [4.78, 5) is 23.5. The van der Waals surface area contributed by atoms with Crippen molar-refractivity contribution in [1.82, 2.24) is 5.32 Å². The van der Waals surface area contributed by atoms with E-state index in [2.05, 4.69) is 5.32 Å². The molecule has 0 atom stereocenters. The summed E-state index contributed by atoms with van der Waals surface area (Å²) in [7, 11) is 0. The number of benzene rings is 2. The van der Waals surface area contributed by atoms with Crippen molar-refractivity contribution in [2.75, 3.05) is 19.8 Å². The lowest BCUT2D eigenvalue weighted by atomic mass is 10.1. The molecule has 7 heteroatoms. The summed E-state index contributed by atoms with van der Waals surface area (Å²) in [5.74, 6) is 0.0914. The molecule has 0 fully saturated rings. The third-order valence-electron chi connectivity index (χ3n) is 3.83. The molecular weight excluding hydrogens is 362 g/mol. The number of hydrogen-bond donors (Lipinski definition) is 2. The highest BCUT2D eigenvalue weighted by Crippen LogP contribution is 2.39. The summed E-state index contributed by atoms with van der Waals surface area (Å²) in [6.07, 6.45) is 0. The first-order chi connectivity index (χ1) is 13.5. The lowest BCUT2D eigenvalue weighted by Gasteiger charge is -2.17. The Morgan fingerprint density at radius 2 is 1.39 bits per heavy atom. The van der Waals surface area contributed by atoms with Crippen LogP contribution in [-0.4, -0.2) is 36.8 Å².